The SMILES string of the molecule is Cc1cccc(-c2[nH]c(Cc3ccc(F)c(OCC(=O)OC(Oc4cc(Cc5nc(-c6ccc7nccnc7c6)c(-c6cccc(C)n6)[nH]5)ccc4F)C(N)=O)c3)nc2-c2ccc3nccnc3c2)n1. The molecule has 0 bridgehead atoms. The van der Waals surface area contributed by atoms with Gasteiger partial charge < -0.3 is 29.9 Å². The molecule has 1 unspecified atom stereocenters. The highest BCUT2D eigenvalue weighted by molar-refractivity contribution is 5.86. The molecule has 18 heteroatoms. The zero-order valence-electron chi connectivity index (χ0n) is 37.4. The molecule has 346 valence electrons. The van der Waals surface area contributed by atoms with E-state index in [1.165, 1.54) is 24.3 Å². The maximum atomic E-state index is 15.3. The van der Waals surface area contributed by atoms with Crippen molar-refractivity contribution in [3.8, 4) is 56.8 Å². The van der Waals surface area contributed by atoms with Crippen molar-refractivity contribution in [2.24, 2.45) is 5.73 Å². The van der Waals surface area contributed by atoms with Crippen molar-refractivity contribution in [2.45, 2.75) is 33.0 Å². The van der Waals surface area contributed by atoms with Gasteiger partial charge in [-0.05, 0) is 97.8 Å². The molecule has 16 nitrogen and oxygen atoms in total. The van der Waals surface area contributed by atoms with Crippen molar-refractivity contribution >= 4 is 33.9 Å². The van der Waals surface area contributed by atoms with Gasteiger partial charge in [0.1, 0.15) is 11.6 Å². The summed E-state index contributed by atoms with van der Waals surface area (Å²) in [7, 11) is 0. The van der Waals surface area contributed by atoms with Crippen LogP contribution < -0.4 is 15.2 Å². The number of aryl methyl sites for hydroxylation is 2. The lowest BCUT2D eigenvalue weighted by atomic mass is 10.1. The van der Waals surface area contributed by atoms with Crippen LogP contribution in [0.2, 0.25) is 0 Å². The predicted octanol–water partition coefficient (Wildman–Crippen LogP) is 8.37. The highest BCUT2D eigenvalue weighted by atomic mass is 19.1. The number of aromatic nitrogens is 10. The number of primary amides is 1. The van der Waals surface area contributed by atoms with Crippen molar-refractivity contribution in [1.82, 2.24) is 49.8 Å². The van der Waals surface area contributed by atoms with Gasteiger partial charge in [0.2, 0.25) is 0 Å². The summed E-state index contributed by atoms with van der Waals surface area (Å²) in [5, 5.41) is 0. The van der Waals surface area contributed by atoms with Crippen LogP contribution in [0.4, 0.5) is 8.78 Å². The lowest BCUT2D eigenvalue weighted by Gasteiger charge is -2.17. The van der Waals surface area contributed by atoms with E-state index in [0.717, 1.165) is 39.6 Å². The van der Waals surface area contributed by atoms with E-state index in [0.29, 0.717) is 68.0 Å². The monoisotopic (exact) mass is 935 g/mol. The lowest BCUT2D eigenvalue weighted by molar-refractivity contribution is -0.173. The highest BCUT2D eigenvalue weighted by Crippen LogP contribution is 2.34. The maximum Gasteiger partial charge on any atom is 0.347 e. The third-order valence-electron chi connectivity index (χ3n) is 11.1. The van der Waals surface area contributed by atoms with Crippen molar-refractivity contribution < 1.29 is 32.6 Å². The number of pyridine rings is 2. The number of amides is 1. The number of carbonyl (C=O) groups excluding carboxylic acids is 2. The van der Waals surface area contributed by atoms with Crippen molar-refractivity contribution in [3.63, 3.8) is 0 Å². The van der Waals surface area contributed by atoms with Gasteiger partial charge in [-0.1, -0.05) is 36.4 Å². The minimum absolute atomic E-state index is 0.161. The third kappa shape index (κ3) is 9.73. The molecule has 0 aliphatic heterocycles. The van der Waals surface area contributed by atoms with E-state index in [9.17, 15) is 9.59 Å². The molecule has 6 heterocycles. The molecule has 10 aromatic rings. The molecule has 70 heavy (non-hydrogen) atoms. The molecule has 4 N–H and O–H groups in total. The molecule has 0 spiro atoms. The predicted molar refractivity (Wildman–Crippen MR) is 254 cm³/mol. The number of carbonyl (C=O) groups is 2. The number of esters is 1. The van der Waals surface area contributed by atoms with Crippen LogP contribution in [-0.4, -0.2) is 74.6 Å². The fourth-order valence-electron chi connectivity index (χ4n) is 7.83. The molecule has 0 aliphatic rings. The molecule has 0 aliphatic carbocycles. The molecule has 0 fully saturated rings. The van der Waals surface area contributed by atoms with Crippen LogP contribution in [0, 0.1) is 25.5 Å². The minimum Gasteiger partial charge on any atom is -0.479 e. The number of rotatable bonds is 15. The van der Waals surface area contributed by atoms with E-state index in [-0.39, 0.29) is 18.6 Å². The molecule has 6 aromatic heterocycles. The Morgan fingerprint density at radius 2 is 1.07 bits per heavy atom. The van der Waals surface area contributed by atoms with Gasteiger partial charge in [-0.25, -0.2) is 23.5 Å². The van der Waals surface area contributed by atoms with Gasteiger partial charge in [-0.15, -0.1) is 0 Å². The summed E-state index contributed by atoms with van der Waals surface area (Å²) in [6, 6.07) is 30.8. The lowest BCUT2D eigenvalue weighted by Crippen LogP contribution is -2.39. The molecular formula is C52H39F2N11O5. The average molecular weight is 936 g/mol. The second-order valence-corrected chi connectivity index (χ2v) is 16.2. The van der Waals surface area contributed by atoms with Gasteiger partial charge >= 0.3 is 12.3 Å². The molecule has 4 aromatic carbocycles. The number of nitrogens with one attached hydrogen (secondary N) is 2. The normalized spacial score (nSPS) is 11.7. The Balaban J connectivity index is 0.829. The Morgan fingerprint density at radius 3 is 1.57 bits per heavy atom. The Hall–Kier alpha value is -9.32. The second-order valence-electron chi connectivity index (χ2n) is 16.2. The van der Waals surface area contributed by atoms with Gasteiger partial charge in [0.25, 0.3) is 5.91 Å². The zero-order valence-corrected chi connectivity index (χ0v) is 37.4. The van der Waals surface area contributed by atoms with Crippen LogP contribution in [0.3, 0.4) is 0 Å². The smallest absolute Gasteiger partial charge is 0.347 e. The summed E-state index contributed by atoms with van der Waals surface area (Å²) in [6.45, 7) is 2.93. The van der Waals surface area contributed by atoms with E-state index >= 15 is 8.78 Å². The summed E-state index contributed by atoms with van der Waals surface area (Å²) in [5.74, 6) is -3.65. The first kappa shape index (κ1) is 44.5. The summed E-state index contributed by atoms with van der Waals surface area (Å²) in [6.07, 6.45) is 4.78. The Bertz CT molecular complexity index is 3620. The zero-order chi connectivity index (χ0) is 48.3. The quantitative estimate of drug-likeness (QED) is 0.0650. The molecular weight excluding hydrogens is 897 g/mol. The third-order valence-corrected chi connectivity index (χ3v) is 11.1. The number of ether oxygens (including phenoxy) is 3. The van der Waals surface area contributed by atoms with Gasteiger partial charge in [0.05, 0.1) is 56.2 Å². The number of hydrogen-bond donors (Lipinski definition) is 3. The Morgan fingerprint density at radius 1 is 0.586 bits per heavy atom. The van der Waals surface area contributed by atoms with Crippen molar-refractivity contribution in [3.05, 3.63) is 180 Å². The Labute approximate surface area is 397 Å². The standard InChI is InChI=1S/C52H39F2N11O5/c1-28-5-3-7-38(60-28)49-47(32-11-15-36-40(25-32)58-19-17-56-36)62-44(64-49)23-30-9-13-34(53)42(21-30)68-27-46(66)70-52(51(55)67)69-43-22-31(10-14-35(43)54)24-45-63-48(50(65-45)39-8-4-6-29(2)61-39)33-12-16-37-41(26-33)59-20-18-57-37/h3-22,25-26,52H,23-24,27H2,1-2H3,(H2,55,67)(H,62,64)(H,63,65). The first-order valence-electron chi connectivity index (χ1n) is 21.8. The fraction of sp³-hybridized carbons (Fsp3) is 0.115. The molecule has 0 saturated carbocycles. The van der Waals surface area contributed by atoms with Gasteiger partial charge in [-0.3, -0.25) is 34.7 Å². The Kier molecular flexibility index (Phi) is 12.2. The van der Waals surface area contributed by atoms with Crippen LogP contribution in [0.5, 0.6) is 11.5 Å². The number of nitrogens with zero attached hydrogens (tertiary/aromatic N) is 8. The number of fused-ring (bicyclic) bond motifs is 2. The summed E-state index contributed by atoms with van der Waals surface area (Å²) >= 11 is 0. The molecule has 0 radical (unpaired) electrons. The molecule has 1 atom stereocenters. The topological polar surface area (TPSA) is 223 Å². The van der Waals surface area contributed by atoms with E-state index < -0.39 is 42.2 Å². The number of hydrogen-bond acceptors (Lipinski definition) is 13. The summed E-state index contributed by atoms with van der Waals surface area (Å²) in [4.78, 5) is 69.2. The van der Waals surface area contributed by atoms with E-state index in [1.54, 1.807) is 30.9 Å². The van der Waals surface area contributed by atoms with Gasteiger partial charge in [0, 0.05) is 60.1 Å². The van der Waals surface area contributed by atoms with Crippen molar-refractivity contribution in [1.29, 1.82) is 0 Å². The van der Waals surface area contributed by atoms with Crippen LogP contribution in [0.15, 0.2) is 134 Å². The van der Waals surface area contributed by atoms with Crippen LogP contribution in [0.1, 0.15) is 34.2 Å². The molecule has 0 saturated heterocycles. The molecule has 10 rings (SSSR count). The number of H-pyrrole nitrogens is 2. The summed E-state index contributed by atoms with van der Waals surface area (Å²) in [5.41, 5.74) is 16.6. The number of nitrogens with two attached hydrogens (primary N) is 1. The van der Waals surface area contributed by atoms with Gasteiger partial charge in [0.15, 0.2) is 29.7 Å². The number of aromatic amines is 2. The van der Waals surface area contributed by atoms with Crippen molar-refractivity contribution in [2.75, 3.05) is 6.61 Å². The number of benzene rings is 4. The minimum atomic E-state index is -2.07. The summed E-state index contributed by atoms with van der Waals surface area (Å²) < 4.78 is 46.7. The highest BCUT2D eigenvalue weighted by Gasteiger charge is 2.26. The first-order chi connectivity index (χ1) is 34.0. The van der Waals surface area contributed by atoms with Crippen LogP contribution in [0.25, 0.3) is 67.4 Å². The van der Waals surface area contributed by atoms with Crippen LogP contribution >= 0.6 is 0 Å². The largest absolute Gasteiger partial charge is 0.479 e. The van der Waals surface area contributed by atoms with Gasteiger partial charge in [-0.2, -0.15) is 0 Å². The van der Waals surface area contributed by atoms with Crippen LogP contribution in [-0.2, 0) is 27.2 Å². The van der Waals surface area contributed by atoms with E-state index in [2.05, 4.69) is 29.9 Å². The maximum absolute atomic E-state index is 15.3. The molecule has 1 amide bonds. The number of halogens is 2. The fourth-order valence-corrected chi connectivity index (χ4v) is 7.83. The second kappa shape index (κ2) is 19.1. The van der Waals surface area contributed by atoms with E-state index in [1.807, 2.05) is 86.6 Å². The average Bonchev–Trinajstić information content (AvgIpc) is 3.99. The number of imidazole rings is 2. The first-order valence-corrected chi connectivity index (χ1v) is 21.8. The van der Waals surface area contributed by atoms with E-state index in [4.69, 9.17) is 39.9 Å².